The van der Waals surface area contributed by atoms with Crippen LogP contribution in [0.4, 0.5) is 17.3 Å². The smallest absolute Gasteiger partial charge is 0.418 e. The van der Waals surface area contributed by atoms with Gasteiger partial charge in [-0.25, -0.2) is 0 Å². The highest BCUT2D eigenvalue weighted by atomic mass is 19.5. The van der Waals surface area contributed by atoms with Gasteiger partial charge in [-0.3, -0.25) is 4.90 Å². The van der Waals surface area contributed by atoms with Gasteiger partial charge in [-0.1, -0.05) is 0 Å². The highest BCUT2D eigenvalue weighted by molar-refractivity contribution is 6.50. The van der Waals surface area contributed by atoms with Crippen LogP contribution in [-0.2, 0) is 0 Å². The zero-order valence-corrected chi connectivity index (χ0v) is 7.53. The molecular formula is C5H15BF4N2. The molecule has 7 heteroatoms. The van der Waals surface area contributed by atoms with E-state index in [2.05, 4.69) is 31.2 Å². The molecule has 0 radical (unpaired) electrons. The summed E-state index contributed by atoms with van der Waals surface area (Å²) in [7, 11) is -1.85. The lowest BCUT2D eigenvalue weighted by atomic mass is 10.3. The third-order valence-corrected chi connectivity index (χ3v) is 0.783. The Labute approximate surface area is 70.0 Å². The molecule has 0 aromatic rings. The second-order valence-electron chi connectivity index (χ2n) is 2.45. The Morgan fingerprint density at radius 1 is 1.17 bits per heavy atom. The molecular weight excluding hydrogens is 175 g/mol. The fraction of sp³-hybridized carbons (Fsp3) is 1.00. The van der Waals surface area contributed by atoms with Crippen LogP contribution in [0.1, 0.15) is 6.92 Å². The zero-order valence-electron chi connectivity index (χ0n) is 7.53. The van der Waals surface area contributed by atoms with Gasteiger partial charge in [0.05, 0.1) is 6.54 Å². The Morgan fingerprint density at radius 2 is 1.50 bits per heavy atom. The van der Waals surface area contributed by atoms with E-state index in [0.717, 1.165) is 6.67 Å². The lowest BCUT2D eigenvalue weighted by Crippen LogP contribution is -2.86. The van der Waals surface area contributed by atoms with Crippen molar-refractivity contribution in [3.8, 4) is 0 Å². The van der Waals surface area contributed by atoms with Crippen molar-refractivity contribution < 1.29 is 22.6 Å². The molecule has 0 spiro atoms. The summed E-state index contributed by atoms with van der Waals surface area (Å²) in [6.45, 7) is 4.44. The average molecular weight is 190 g/mol. The predicted molar refractivity (Wildman–Crippen MR) is 41.2 cm³/mol. The summed E-state index contributed by atoms with van der Waals surface area (Å²) >= 11 is 0. The van der Waals surface area contributed by atoms with Gasteiger partial charge in [0.1, 0.15) is 6.67 Å². The molecule has 0 aliphatic carbocycles. The van der Waals surface area contributed by atoms with Gasteiger partial charge in [0, 0.05) is 0 Å². The van der Waals surface area contributed by atoms with E-state index < -0.39 is 7.25 Å². The third-order valence-electron chi connectivity index (χ3n) is 0.783. The van der Waals surface area contributed by atoms with Gasteiger partial charge in [-0.2, -0.15) is 0 Å². The Hall–Kier alpha value is -0.295. The van der Waals surface area contributed by atoms with Crippen LogP contribution in [0.25, 0.3) is 0 Å². The molecule has 2 nitrogen and oxygen atoms in total. The van der Waals surface area contributed by atoms with Crippen molar-refractivity contribution in [1.29, 1.82) is 0 Å². The highest BCUT2D eigenvalue weighted by Gasteiger charge is 2.20. The first-order valence-electron chi connectivity index (χ1n) is 3.61. The van der Waals surface area contributed by atoms with Crippen LogP contribution in [0, 0.1) is 0 Å². The van der Waals surface area contributed by atoms with E-state index in [-0.39, 0.29) is 0 Å². The van der Waals surface area contributed by atoms with Gasteiger partial charge in [0.2, 0.25) is 0 Å². The molecule has 0 aliphatic heterocycles. The quantitative estimate of drug-likeness (QED) is 0.387. The van der Waals surface area contributed by atoms with Gasteiger partial charge < -0.3 is 22.6 Å². The molecule has 0 rings (SSSR count). The third kappa shape index (κ3) is 53.6. The van der Waals surface area contributed by atoms with Crippen molar-refractivity contribution >= 4 is 7.25 Å². The van der Waals surface area contributed by atoms with Crippen LogP contribution in [0.15, 0.2) is 0 Å². The van der Waals surface area contributed by atoms with Gasteiger partial charge in [-0.05, 0) is 21.0 Å². The van der Waals surface area contributed by atoms with Crippen molar-refractivity contribution in [2.45, 2.75) is 6.92 Å². The van der Waals surface area contributed by atoms with E-state index in [4.69, 9.17) is 0 Å². The number of rotatable bonds is 3. The first kappa shape index (κ1) is 14.2. The van der Waals surface area contributed by atoms with E-state index in [0.29, 0.717) is 0 Å². The lowest BCUT2D eigenvalue weighted by molar-refractivity contribution is -0.667. The summed E-state index contributed by atoms with van der Waals surface area (Å²) < 4.78 is 39.0. The molecule has 2 N–H and O–H groups in total. The number of nitrogens with two attached hydrogens (primary N) is 1. The molecule has 12 heavy (non-hydrogen) atoms. The van der Waals surface area contributed by atoms with Gasteiger partial charge in [0.15, 0.2) is 0 Å². The number of nitrogens with zero attached hydrogens (tertiary/aromatic N) is 1. The average Bonchev–Trinajstić information content (AvgIpc) is 1.79. The minimum atomic E-state index is -6.00. The standard InChI is InChI=1S/C5H14N2.BF4/c1-4-6-5-7(2)3;2-1(3,4)5/h6H,4-5H2,1-3H3;/q;-1/p+1. The van der Waals surface area contributed by atoms with Gasteiger partial charge in [0.25, 0.3) is 0 Å². The van der Waals surface area contributed by atoms with Crippen LogP contribution in [0.3, 0.4) is 0 Å². The molecule has 0 fully saturated rings. The van der Waals surface area contributed by atoms with E-state index in [1.807, 2.05) is 0 Å². The number of hydrogen-bond donors (Lipinski definition) is 1. The Bertz CT molecular complexity index is 89.9. The van der Waals surface area contributed by atoms with Crippen molar-refractivity contribution in [3.63, 3.8) is 0 Å². The van der Waals surface area contributed by atoms with Crippen LogP contribution in [-0.4, -0.2) is 39.5 Å². The van der Waals surface area contributed by atoms with Crippen molar-refractivity contribution in [2.24, 2.45) is 0 Å². The first-order chi connectivity index (χ1) is 5.27. The van der Waals surface area contributed by atoms with Crippen LogP contribution in [0.2, 0.25) is 0 Å². The maximum absolute atomic E-state index is 9.75. The molecule has 0 aromatic heterocycles. The maximum Gasteiger partial charge on any atom is 0.673 e. The minimum Gasteiger partial charge on any atom is -0.418 e. The fourth-order valence-electron chi connectivity index (χ4n) is 0.387. The summed E-state index contributed by atoms with van der Waals surface area (Å²) in [5.74, 6) is 0. The predicted octanol–water partition coefficient (Wildman–Crippen LogP) is 0.389. The van der Waals surface area contributed by atoms with E-state index in [9.17, 15) is 17.3 Å². The van der Waals surface area contributed by atoms with Gasteiger partial charge in [-0.15, -0.1) is 0 Å². The van der Waals surface area contributed by atoms with Crippen LogP contribution < -0.4 is 5.32 Å². The Balaban J connectivity index is 0. The van der Waals surface area contributed by atoms with Crippen LogP contribution in [0.5, 0.6) is 0 Å². The first-order valence-corrected chi connectivity index (χ1v) is 3.61. The largest absolute Gasteiger partial charge is 0.673 e. The van der Waals surface area contributed by atoms with Crippen LogP contribution >= 0.6 is 0 Å². The molecule has 0 amide bonds. The Kier molecular flexibility index (Phi) is 8.73. The molecule has 0 aliphatic rings. The maximum atomic E-state index is 9.75. The van der Waals surface area contributed by atoms with Gasteiger partial charge >= 0.3 is 7.25 Å². The van der Waals surface area contributed by atoms with Crippen molar-refractivity contribution in [1.82, 2.24) is 4.90 Å². The zero-order chi connectivity index (χ0) is 10.2. The second-order valence-corrected chi connectivity index (χ2v) is 2.45. The summed E-state index contributed by atoms with van der Waals surface area (Å²) in [4.78, 5) is 2.16. The minimum absolute atomic E-state index is 1.11. The second kappa shape index (κ2) is 7.36. The summed E-state index contributed by atoms with van der Waals surface area (Å²) in [6.07, 6.45) is 0. The fourth-order valence-corrected chi connectivity index (χ4v) is 0.387. The number of quaternary nitrogens is 1. The molecule has 0 unspecified atom stereocenters. The highest BCUT2D eigenvalue weighted by Crippen LogP contribution is 2.06. The van der Waals surface area contributed by atoms with Crippen molar-refractivity contribution in [3.05, 3.63) is 0 Å². The van der Waals surface area contributed by atoms with Crippen molar-refractivity contribution in [2.75, 3.05) is 27.3 Å². The molecule has 0 atom stereocenters. The molecule has 0 saturated heterocycles. The summed E-state index contributed by atoms with van der Waals surface area (Å²) in [6, 6.07) is 0. The molecule has 0 aromatic carbocycles. The number of hydrogen-bond acceptors (Lipinski definition) is 1. The monoisotopic (exact) mass is 190 g/mol. The Morgan fingerprint density at radius 3 is 1.58 bits per heavy atom. The van der Waals surface area contributed by atoms with E-state index in [1.54, 1.807) is 0 Å². The number of halogens is 4. The molecule has 76 valence electrons. The topological polar surface area (TPSA) is 19.9 Å². The van der Waals surface area contributed by atoms with E-state index >= 15 is 0 Å². The normalized spacial score (nSPS) is 11.0. The summed E-state index contributed by atoms with van der Waals surface area (Å²) in [5.41, 5.74) is 0. The molecule has 0 heterocycles. The summed E-state index contributed by atoms with van der Waals surface area (Å²) in [5, 5.41) is 2.25. The molecule has 0 bridgehead atoms. The van der Waals surface area contributed by atoms with E-state index in [1.165, 1.54) is 6.54 Å². The molecule has 0 saturated carbocycles. The lowest BCUT2D eigenvalue weighted by Gasteiger charge is -2.04. The SMILES string of the molecule is CC[NH2+]CN(C)C.F[B-](F)(F)F.